The molecule has 0 aromatic heterocycles. The molecule has 0 aliphatic carbocycles. The lowest BCUT2D eigenvalue weighted by molar-refractivity contribution is -0.166. The van der Waals surface area contributed by atoms with Crippen LogP contribution in [0.1, 0.15) is 80.7 Å². The number of carboxylic acid groups (broad SMARTS) is 1. The molecule has 0 amide bonds. The molecule has 1 rings (SSSR count). The third-order valence-electron chi connectivity index (χ3n) is 4.47. The third-order valence-corrected chi connectivity index (χ3v) is 4.47. The topological polar surface area (TPSA) is 156 Å². The number of ether oxygens (including phenoxy) is 6. The standard InChI is InChI=1S/C27H41NO11/c1-10-11-14-34-22(31)39-27(21(29)30,28-17(2)3)16-18-12-13-19(35-23(32)37-25(4,5)6)20(15-18)36-24(33)38-26(7,8)9/h12-13,15,17,28H,10-11,14,16H2,1-9H3,(H,29,30)/t27-/m0/s1. The SMILES string of the molecule is CCCCOC(=O)O[C@](Cc1ccc(OC(=O)OC(C)(C)C)c(OC(=O)OC(C)(C)C)c1)(NC(C)C)C(=O)O. The van der Waals surface area contributed by atoms with Crippen molar-refractivity contribution >= 4 is 24.4 Å². The molecule has 0 aliphatic rings. The molecule has 1 aromatic rings. The van der Waals surface area contributed by atoms with Gasteiger partial charge in [0.15, 0.2) is 11.5 Å². The van der Waals surface area contributed by atoms with Gasteiger partial charge in [-0.15, -0.1) is 0 Å². The zero-order valence-electron chi connectivity index (χ0n) is 24.2. The van der Waals surface area contributed by atoms with Crippen molar-refractivity contribution in [3.8, 4) is 11.5 Å². The molecule has 39 heavy (non-hydrogen) atoms. The van der Waals surface area contributed by atoms with Gasteiger partial charge in [-0.1, -0.05) is 19.4 Å². The minimum Gasteiger partial charge on any atom is -0.477 e. The Kier molecular flexibility index (Phi) is 12.0. The minimum absolute atomic E-state index is 0.0668. The molecule has 12 nitrogen and oxygen atoms in total. The molecule has 12 heteroatoms. The maximum atomic E-state index is 12.4. The van der Waals surface area contributed by atoms with Crippen LogP contribution >= 0.6 is 0 Å². The average molecular weight is 556 g/mol. The van der Waals surface area contributed by atoms with Crippen LogP contribution in [-0.2, 0) is 30.2 Å². The predicted molar refractivity (Wildman–Crippen MR) is 140 cm³/mol. The monoisotopic (exact) mass is 555 g/mol. The van der Waals surface area contributed by atoms with Gasteiger partial charge in [-0.05, 0) is 79.5 Å². The van der Waals surface area contributed by atoms with Crippen molar-refractivity contribution in [2.75, 3.05) is 6.61 Å². The Hall–Kier alpha value is -3.54. The van der Waals surface area contributed by atoms with Crippen LogP contribution in [-0.4, -0.2) is 59.1 Å². The summed E-state index contributed by atoms with van der Waals surface area (Å²) < 4.78 is 31.2. The highest BCUT2D eigenvalue weighted by Gasteiger charge is 2.44. The van der Waals surface area contributed by atoms with E-state index in [1.165, 1.54) is 18.2 Å². The lowest BCUT2D eigenvalue weighted by atomic mass is 10.0. The molecule has 0 radical (unpaired) electrons. The Bertz CT molecular complexity index is 1010. The van der Waals surface area contributed by atoms with Gasteiger partial charge in [0, 0.05) is 12.5 Å². The summed E-state index contributed by atoms with van der Waals surface area (Å²) >= 11 is 0. The van der Waals surface area contributed by atoms with E-state index in [1.807, 2.05) is 6.92 Å². The smallest absolute Gasteiger partial charge is 0.477 e. The Morgan fingerprint density at radius 3 is 1.85 bits per heavy atom. The van der Waals surface area contributed by atoms with Gasteiger partial charge in [0.25, 0.3) is 5.72 Å². The van der Waals surface area contributed by atoms with E-state index in [1.54, 1.807) is 55.4 Å². The summed E-state index contributed by atoms with van der Waals surface area (Å²) in [6.45, 7) is 15.2. The number of nitrogens with one attached hydrogen (secondary N) is 1. The van der Waals surface area contributed by atoms with Crippen LogP contribution < -0.4 is 14.8 Å². The maximum absolute atomic E-state index is 12.4. The first kappa shape index (κ1) is 33.5. The van der Waals surface area contributed by atoms with Crippen molar-refractivity contribution in [2.45, 2.75) is 105 Å². The molecule has 0 unspecified atom stereocenters. The highest BCUT2D eigenvalue weighted by molar-refractivity contribution is 5.80. The predicted octanol–water partition coefficient (Wildman–Crippen LogP) is 5.59. The summed E-state index contributed by atoms with van der Waals surface area (Å²) in [6.07, 6.45) is -2.36. The number of carboxylic acids is 1. The summed E-state index contributed by atoms with van der Waals surface area (Å²) in [5.41, 5.74) is -3.71. The second kappa shape index (κ2) is 14.0. The summed E-state index contributed by atoms with van der Waals surface area (Å²) in [5, 5.41) is 12.9. The van der Waals surface area contributed by atoms with Crippen LogP contribution in [0.15, 0.2) is 18.2 Å². The molecule has 0 spiro atoms. The van der Waals surface area contributed by atoms with Gasteiger partial charge in [0.05, 0.1) is 6.61 Å². The second-order valence-corrected chi connectivity index (χ2v) is 11.1. The van der Waals surface area contributed by atoms with E-state index in [0.29, 0.717) is 6.42 Å². The average Bonchev–Trinajstić information content (AvgIpc) is 2.72. The largest absolute Gasteiger partial charge is 0.514 e. The maximum Gasteiger partial charge on any atom is 0.514 e. The number of aliphatic carboxylic acids is 1. The Labute approximate surface area is 229 Å². The highest BCUT2D eigenvalue weighted by atomic mass is 16.8. The van der Waals surface area contributed by atoms with Crippen molar-refractivity contribution in [1.29, 1.82) is 0 Å². The van der Waals surface area contributed by atoms with Crippen molar-refractivity contribution < 1.29 is 52.7 Å². The molecule has 220 valence electrons. The molecule has 0 fully saturated rings. The van der Waals surface area contributed by atoms with E-state index < -0.39 is 53.8 Å². The number of hydrogen-bond acceptors (Lipinski definition) is 11. The second-order valence-electron chi connectivity index (χ2n) is 11.1. The highest BCUT2D eigenvalue weighted by Crippen LogP contribution is 2.32. The van der Waals surface area contributed by atoms with Gasteiger partial charge in [0.2, 0.25) is 0 Å². The van der Waals surface area contributed by atoms with Gasteiger partial charge in [-0.2, -0.15) is 0 Å². The molecule has 0 bridgehead atoms. The minimum atomic E-state index is -2.23. The first-order valence-electron chi connectivity index (χ1n) is 12.7. The Balaban J connectivity index is 3.42. The van der Waals surface area contributed by atoms with Crippen LogP contribution in [0.2, 0.25) is 0 Å². The van der Waals surface area contributed by atoms with Gasteiger partial charge >= 0.3 is 24.4 Å². The number of rotatable bonds is 11. The Morgan fingerprint density at radius 2 is 1.38 bits per heavy atom. The van der Waals surface area contributed by atoms with E-state index in [4.69, 9.17) is 28.4 Å². The zero-order chi connectivity index (χ0) is 30.0. The molecule has 0 saturated carbocycles. The van der Waals surface area contributed by atoms with Crippen molar-refractivity contribution in [3.05, 3.63) is 23.8 Å². The van der Waals surface area contributed by atoms with Crippen molar-refractivity contribution in [3.63, 3.8) is 0 Å². The van der Waals surface area contributed by atoms with Crippen molar-refractivity contribution in [1.82, 2.24) is 5.32 Å². The normalized spacial score (nSPS) is 13.2. The molecule has 1 atom stereocenters. The first-order valence-corrected chi connectivity index (χ1v) is 12.7. The lowest BCUT2D eigenvalue weighted by Crippen LogP contribution is -2.59. The van der Waals surface area contributed by atoms with E-state index >= 15 is 0 Å². The number of benzene rings is 1. The fraction of sp³-hybridized carbons (Fsp3) is 0.630. The Morgan fingerprint density at radius 1 is 0.846 bits per heavy atom. The molecule has 0 saturated heterocycles. The van der Waals surface area contributed by atoms with Crippen LogP contribution in [0.25, 0.3) is 0 Å². The molecular formula is C27H41NO11. The van der Waals surface area contributed by atoms with Crippen LogP contribution in [0.5, 0.6) is 11.5 Å². The molecule has 2 N–H and O–H groups in total. The fourth-order valence-corrected chi connectivity index (χ4v) is 3.07. The van der Waals surface area contributed by atoms with Gasteiger partial charge in [-0.3, -0.25) is 5.32 Å². The summed E-state index contributed by atoms with van der Waals surface area (Å²) in [7, 11) is 0. The van der Waals surface area contributed by atoms with Gasteiger partial charge < -0.3 is 33.5 Å². The number of carbonyl (C=O) groups is 4. The van der Waals surface area contributed by atoms with Crippen molar-refractivity contribution in [2.24, 2.45) is 0 Å². The van der Waals surface area contributed by atoms with E-state index in [-0.39, 0.29) is 23.7 Å². The number of hydrogen-bond donors (Lipinski definition) is 2. The number of carbonyl (C=O) groups excluding carboxylic acids is 3. The molecule has 0 heterocycles. The molecular weight excluding hydrogens is 514 g/mol. The van der Waals surface area contributed by atoms with Crippen LogP contribution in [0.4, 0.5) is 14.4 Å². The van der Waals surface area contributed by atoms with E-state index in [9.17, 15) is 24.3 Å². The van der Waals surface area contributed by atoms with Crippen LogP contribution in [0.3, 0.4) is 0 Å². The van der Waals surface area contributed by atoms with E-state index in [2.05, 4.69) is 5.32 Å². The first-order chi connectivity index (χ1) is 17.9. The quantitative estimate of drug-likeness (QED) is 0.115. The van der Waals surface area contributed by atoms with E-state index in [0.717, 1.165) is 6.42 Å². The summed E-state index contributed by atoms with van der Waals surface area (Å²) in [6, 6.07) is 3.57. The summed E-state index contributed by atoms with van der Waals surface area (Å²) in [5.74, 6) is -1.91. The molecule has 1 aromatic carbocycles. The lowest BCUT2D eigenvalue weighted by Gasteiger charge is -2.31. The van der Waals surface area contributed by atoms with Gasteiger partial charge in [-0.25, -0.2) is 19.2 Å². The molecule has 0 aliphatic heterocycles. The number of unbranched alkanes of at least 4 members (excludes halogenated alkanes) is 1. The zero-order valence-corrected chi connectivity index (χ0v) is 24.2. The fourth-order valence-electron chi connectivity index (χ4n) is 3.07. The van der Waals surface area contributed by atoms with Crippen LogP contribution in [0, 0.1) is 0 Å². The third kappa shape index (κ3) is 12.7. The van der Waals surface area contributed by atoms with Gasteiger partial charge in [0.1, 0.15) is 11.2 Å². The summed E-state index contributed by atoms with van der Waals surface area (Å²) in [4.78, 5) is 49.4.